The molecule has 0 radical (unpaired) electrons. The second-order valence-electron chi connectivity index (χ2n) is 6.92. The molecule has 132 valence electrons. The maximum absolute atomic E-state index is 10.9. The second-order valence-corrected chi connectivity index (χ2v) is 6.92. The van der Waals surface area contributed by atoms with Crippen LogP contribution in [0.15, 0.2) is 48.8 Å². The lowest BCUT2D eigenvalue weighted by Gasteiger charge is -2.14. The molecule has 1 unspecified atom stereocenters. The minimum Gasteiger partial charge on any atom is -0.480 e. The van der Waals surface area contributed by atoms with Crippen LogP contribution in [-0.4, -0.2) is 45.6 Å². The minimum atomic E-state index is -0.764. The molecule has 1 atom stereocenters. The van der Waals surface area contributed by atoms with E-state index < -0.39 is 5.97 Å². The molecule has 1 saturated heterocycles. The van der Waals surface area contributed by atoms with Gasteiger partial charge in [0.05, 0.1) is 17.8 Å². The van der Waals surface area contributed by atoms with Gasteiger partial charge in [-0.1, -0.05) is 18.2 Å². The predicted molar refractivity (Wildman–Crippen MR) is 101 cm³/mol. The Morgan fingerprint density at radius 2 is 2.12 bits per heavy atom. The number of pyridine rings is 2. The van der Waals surface area contributed by atoms with Gasteiger partial charge in [0.1, 0.15) is 0 Å². The van der Waals surface area contributed by atoms with Crippen LogP contribution in [0.3, 0.4) is 0 Å². The molecule has 1 aromatic carbocycles. The van der Waals surface area contributed by atoms with Crippen LogP contribution in [0.25, 0.3) is 22.2 Å². The van der Waals surface area contributed by atoms with E-state index in [1.54, 1.807) is 0 Å². The van der Waals surface area contributed by atoms with Crippen molar-refractivity contribution in [3.63, 3.8) is 0 Å². The van der Waals surface area contributed by atoms with Crippen LogP contribution in [-0.2, 0) is 4.79 Å². The maximum atomic E-state index is 10.9. The predicted octanol–water partition coefficient (Wildman–Crippen LogP) is 3.48. The molecule has 0 spiro atoms. The third kappa shape index (κ3) is 3.18. The number of hydrogen-bond donors (Lipinski definition) is 1. The van der Waals surface area contributed by atoms with Crippen molar-refractivity contribution in [1.29, 1.82) is 0 Å². The summed E-state index contributed by atoms with van der Waals surface area (Å²) in [4.78, 5) is 22.0. The highest BCUT2D eigenvalue weighted by atomic mass is 16.4. The number of fused-ring (bicyclic) bond motifs is 1. The fourth-order valence-electron chi connectivity index (χ4n) is 3.83. The summed E-state index contributed by atoms with van der Waals surface area (Å²) in [5, 5.41) is 10.1. The van der Waals surface area contributed by atoms with Crippen molar-refractivity contribution in [3.05, 3.63) is 59.9 Å². The van der Waals surface area contributed by atoms with Crippen molar-refractivity contribution < 1.29 is 9.90 Å². The zero-order valence-corrected chi connectivity index (χ0v) is 14.7. The lowest BCUT2D eigenvalue weighted by Crippen LogP contribution is -2.27. The van der Waals surface area contributed by atoms with Gasteiger partial charge < -0.3 is 5.11 Å². The number of hydrogen-bond acceptors (Lipinski definition) is 4. The quantitative estimate of drug-likeness (QED) is 0.783. The highest BCUT2D eigenvalue weighted by molar-refractivity contribution is 5.95. The fraction of sp³-hybridized carbons (Fsp3) is 0.286. The standard InChI is InChI=1S/C21H21N3O2/c1-14-4-5-17(18-3-2-8-23-21(14)18)19-11-15(6-9-22-19)16-7-10-24(12-16)13-20(25)26/h2-6,8-9,11,16H,7,10,12-13H2,1H3,(H,25,26). The van der Waals surface area contributed by atoms with Crippen LogP contribution < -0.4 is 0 Å². The van der Waals surface area contributed by atoms with Gasteiger partial charge in [-0.05, 0) is 55.1 Å². The number of benzene rings is 1. The Morgan fingerprint density at radius 1 is 1.23 bits per heavy atom. The molecule has 5 heteroatoms. The zero-order chi connectivity index (χ0) is 18.1. The number of nitrogens with zero attached hydrogens (tertiary/aromatic N) is 3. The summed E-state index contributed by atoms with van der Waals surface area (Å²) in [5.74, 6) is -0.411. The number of aryl methyl sites for hydroxylation is 1. The van der Waals surface area contributed by atoms with Gasteiger partial charge in [-0.25, -0.2) is 0 Å². The Balaban J connectivity index is 1.67. The van der Waals surface area contributed by atoms with Gasteiger partial charge in [-0.2, -0.15) is 0 Å². The van der Waals surface area contributed by atoms with E-state index in [1.165, 1.54) is 5.56 Å². The summed E-state index contributed by atoms with van der Waals surface area (Å²) >= 11 is 0. The summed E-state index contributed by atoms with van der Waals surface area (Å²) in [5.41, 5.74) is 5.41. The molecule has 1 fully saturated rings. The van der Waals surface area contributed by atoms with E-state index in [9.17, 15) is 4.79 Å². The van der Waals surface area contributed by atoms with E-state index in [0.29, 0.717) is 5.92 Å². The van der Waals surface area contributed by atoms with E-state index in [-0.39, 0.29) is 6.54 Å². The molecule has 3 aromatic rings. The Labute approximate surface area is 152 Å². The Kier molecular flexibility index (Phi) is 4.39. The van der Waals surface area contributed by atoms with Crippen molar-refractivity contribution in [2.75, 3.05) is 19.6 Å². The topological polar surface area (TPSA) is 66.3 Å². The molecule has 0 saturated carbocycles. The molecule has 2 aromatic heterocycles. The van der Waals surface area contributed by atoms with Gasteiger partial charge in [0, 0.05) is 29.9 Å². The number of carboxylic acids is 1. The molecule has 3 heterocycles. The molecule has 0 amide bonds. The van der Waals surface area contributed by atoms with Crippen LogP contribution in [0.5, 0.6) is 0 Å². The highest BCUT2D eigenvalue weighted by Crippen LogP contribution is 2.32. The summed E-state index contributed by atoms with van der Waals surface area (Å²) in [6, 6.07) is 12.4. The van der Waals surface area contributed by atoms with E-state index in [2.05, 4.69) is 41.2 Å². The molecule has 5 nitrogen and oxygen atoms in total. The first-order chi connectivity index (χ1) is 12.6. The average molecular weight is 347 g/mol. The third-order valence-corrected chi connectivity index (χ3v) is 5.13. The van der Waals surface area contributed by atoms with Gasteiger partial charge >= 0.3 is 5.97 Å². The lowest BCUT2D eigenvalue weighted by atomic mass is 9.96. The maximum Gasteiger partial charge on any atom is 0.317 e. The van der Waals surface area contributed by atoms with Crippen LogP contribution in [0, 0.1) is 6.92 Å². The molecular weight excluding hydrogens is 326 g/mol. The van der Waals surface area contributed by atoms with Crippen molar-refractivity contribution in [3.8, 4) is 11.3 Å². The SMILES string of the molecule is Cc1ccc(-c2cc(C3CCN(CC(=O)O)C3)ccn2)c2cccnc12. The summed E-state index contributed by atoms with van der Waals surface area (Å²) in [6.07, 6.45) is 4.65. The van der Waals surface area contributed by atoms with Crippen molar-refractivity contribution in [2.45, 2.75) is 19.3 Å². The number of aromatic nitrogens is 2. The summed E-state index contributed by atoms with van der Waals surface area (Å²) < 4.78 is 0. The Morgan fingerprint density at radius 3 is 2.96 bits per heavy atom. The van der Waals surface area contributed by atoms with Gasteiger partial charge in [0.2, 0.25) is 0 Å². The van der Waals surface area contributed by atoms with Gasteiger partial charge in [-0.3, -0.25) is 19.7 Å². The van der Waals surface area contributed by atoms with Crippen LogP contribution in [0.1, 0.15) is 23.5 Å². The monoisotopic (exact) mass is 347 g/mol. The number of rotatable bonds is 4. The average Bonchev–Trinajstić information content (AvgIpc) is 3.10. The van der Waals surface area contributed by atoms with Crippen LogP contribution >= 0.6 is 0 Å². The lowest BCUT2D eigenvalue weighted by molar-refractivity contribution is -0.138. The Hall–Kier alpha value is -2.79. The van der Waals surface area contributed by atoms with Gasteiger partial charge in [0.15, 0.2) is 0 Å². The number of likely N-dealkylation sites (tertiary alicyclic amines) is 1. The normalized spacial score (nSPS) is 17.7. The van der Waals surface area contributed by atoms with Gasteiger partial charge in [-0.15, -0.1) is 0 Å². The molecule has 26 heavy (non-hydrogen) atoms. The van der Waals surface area contributed by atoms with Crippen LogP contribution in [0.4, 0.5) is 0 Å². The largest absolute Gasteiger partial charge is 0.480 e. The smallest absolute Gasteiger partial charge is 0.317 e. The van der Waals surface area contributed by atoms with E-state index in [4.69, 9.17) is 5.11 Å². The van der Waals surface area contributed by atoms with Crippen molar-refractivity contribution >= 4 is 16.9 Å². The van der Waals surface area contributed by atoms with Crippen molar-refractivity contribution in [2.24, 2.45) is 0 Å². The molecule has 1 N–H and O–H groups in total. The first kappa shape index (κ1) is 16.7. The molecule has 4 rings (SSSR count). The number of carboxylic acid groups (broad SMARTS) is 1. The molecule has 0 aliphatic carbocycles. The number of carbonyl (C=O) groups is 1. The first-order valence-corrected chi connectivity index (χ1v) is 8.86. The molecule has 1 aliphatic heterocycles. The van der Waals surface area contributed by atoms with E-state index in [0.717, 1.165) is 47.2 Å². The number of aliphatic carboxylic acids is 1. The van der Waals surface area contributed by atoms with Crippen LogP contribution in [0.2, 0.25) is 0 Å². The summed E-state index contributed by atoms with van der Waals surface area (Å²) in [6.45, 7) is 3.79. The summed E-state index contributed by atoms with van der Waals surface area (Å²) in [7, 11) is 0. The zero-order valence-electron chi connectivity index (χ0n) is 14.7. The highest BCUT2D eigenvalue weighted by Gasteiger charge is 2.25. The Bertz CT molecular complexity index is 970. The molecule has 0 bridgehead atoms. The third-order valence-electron chi connectivity index (χ3n) is 5.13. The van der Waals surface area contributed by atoms with E-state index in [1.807, 2.05) is 29.4 Å². The molecule has 1 aliphatic rings. The fourth-order valence-corrected chi connectivity index (χ4v) is 3.83. The first-order valence-electron chi connectivity index (χ1n) is 8.86. The van der Waals surface area contributed by atoms with E-state index >= 15 is 0 Å². The minimum absolute atomic E-state index is 0.114. The van der Waals surface area contributed by atoms with Gasteiger partial charge in [0.25, 0.3) is 0 Å². The second kappa shape index (κ2) is 6.84. The van der Waals surface area contributed by atoms with Crippen molar-refractivity contribution in [1.82, 2.24) is 14.9 Å². The molecular formula is C21H21N3O2.